The molecule has 4 rings (SSSR count). The predicted octanol–water partition coefficient (Wildman–Crippen LogP) is 3.85. The van der Waals surface area contributed by atoms with Crippen molar-refractivity contribution < 1.29 is 4.79 Å². The van der Waals surface area contributed by atoms with Crippen molar-refractivity contribution in [1.29, 1.82) is 0 Å². The van der Waals surface area contributed by atoms with E-state index in [0.717, 1.165) is 44.2 Å². The predicted molar refractivity (Wildman–Crippen MR) is 98.5 cm³/mol. The lowest BCUT2D eigenvalue weighted by Crippen LogP contribution is -2.48. The van der Waals surface area contributed by atoms with E-state index >= 15 is 0 Å². The Morgan fingerprint density at radius 1 is 1.12 bits per heavy atom. The van der Waals surface area contributed by atoms with Gasteiger partial charge >= 0.3 is 0 Å². The van der Waals surface area contributed by atoms with Crippen molar-refractivity contribution in [3.05, 3.63) is 57.2 Å². The Labute approximate surface area is 151 Å². The summed E-state index contributed by atoms with van der Waals surface area (Å²) in [6.45, 7) is 4.67. The highest BCUT2D eigenvalue weighted by atomic mass is 35.5. The smallest absolute Gasteiger partial charge is 0.226 e. The molecular formula is C19H21ClN2OS. The third-order valence-electron chi connectivity index (χ3n) is 5.05. The first-order valence-corrected chi connectivity index (χ1v) is 9.75. The van der Waals surface area contributed by atoms with Gasteiger partial charge in [-0.15, -0.1) is 11.3 Å². The number of benzene rings is 1. The molecule has 24 heavy (non-hydrogen) atoms. The van der Waals surface area contributed by atoms with E-state index in [0.29, 0.717) is 11.8 Å². The quantitative estimate of drug-likeness (QED) is 0.826. The molecule has 0 spiro atoms. The molecule has 1 aliphatic heterocycles. The number of hydrogen-bond acceptors (Lipinski definition) is 3. The van der Waals surface area contributed by atoms with E-state index in [1.54, 1.807) is 11.3 Å². The van der Waals surface area contributed by atoms with Gasteiger partial charge in [-0.25, -0.2) is 0 Å². The summed E-state index contributed by atoms with van der Waals surface area (Å²) in [7, 11) is 0. The lowest BCUT2D eigenvalue weighted by atomic mass is 10.1. The van der Waals surface area contributed by atoms with Gasteiger partial charge in [0, 0.05) is 48.5 Å². The van der Waals surface area contributed by atoms with Crippen molar-refractivity contribution in [2.24, 2.45) is 5.92 Å². The molecule has 3 nitrogen and oxygen atoms in total. The van der Waals surface area contributed by atoms with Crippen molar-refractivity contribution in [2.45, 2.75) is 18.9 Å². The minimum atomic E-state index is 0.176. The maximum absolute atomic E-state index is 12.7. The van der Waals surface area contributed by atoms with Crippen LogP contribution in [0.5, 0.6) is 0 Å². The molecule has 1 saturated heterocycles. The van der Waals surface area contributed by atoms with Gasteiger partial charge in [0.15, 0.2) is 0 Å². The maximum atomic E-state index is 12.7. The molecule has 2 heterocycles. The van der Waals surface area contributed by atoms with E-state index in [1.165, 1.54) is 10.4 Å². The Morgan fingerprint density at radius 3 is 2.54 bits per heavy atom. The molecule has 1 aromatic heterocycles. The van der Waals surface area contributed by atoms with Gasteiger partial charge in [-0.2, -0.15) is 0 Å². The average Bonchev–Trinajstić information content (AvgIpc) is 3.24. The first kappa shape index (κ1) is 16.1. The monoisotopic (exact) mass is 360 g/mol. The highest BCUT2D eigenvalue weighted by Crippen LogP contribution is 2.48. The lowest BCUT2D eigenvalue weighted by molar-refractivity contribution is -0.134. The minimum Gasteiger partial charge on any atom is -0.340 e. The Morgan fingerprint density at radius 2 is 1.88 bits per heavy atom. The standard InChI is InChI=1S/C19H21ClN2OS/c20-15-5-3-14(4-6-15)17-12-18(17)19(23)22-9-7-21(8-10-22)13-16-2-1-11-24-16/h1-6,11,17-18H,7-10,12-13H2/t17-,18-/m1/s1. The summed E-state index contributed by atoms with van der Waals surface area (Å²) in [6.07, 6.45) is 0.982. The van der Waals surface area contributed by atoms with E-state index in [4.69, 9.17) is 11.6 Å². The van der Waals surface area contributed by atoms with Gasteiger partial charge in [0.1, 0.15) is 0 Å². The highest BCUT2D eigenvalue weighted by Gasteiger charge is 2.46. The van der Waals surface area contributed by atoms with Gasteiger partial charge in [-0.05, 0) is 41.5 Å². The third-order valence-corrected chi connectivity index (χ3v) is 6.16. The van der Waals surface area contributed by atoms with Crippen molar-refractivity contribution in [2.75, 3.05) is 26.2 Å². The summed E-state index contributed by atoms with van der Waals surface area (Å²) in [6, 6.07) is 12.2. The zero-order valence-electron chi connectivity index (χ0n) is 13.5. The number of thiophene rings is 1. The topological polar surface area (TPSA) is 23.6 Å². The fourth-order valence-electron chi connectivity index (χ4n) is 3.53. The number of carbonyl (C=O) groups is 1. The van der Waals surface area contributed by atoms with Crippen LogP contribution in [0.4, 0.5) is 0 Å². The zero-order valence-corrected chi connectivity index (χ0v) is 15.1. The first-order chi connectivity index (χ1) is 11.7. The number of hydrogen-bond donors (Lipinski definition) is 0. The van der Waals surface area contributed by atoms with E-state index in [9.17, 15) is 4.79 Å². The first-order valence-electron chi connectivity index (χ1n) is 8.50. The summed E-state index contributed by atoms with van der Waals surface area (Å²) >= 11 is 7.75. The maximum Gasteiger partial charge on any atom is 0.226 e. The number of amides is 1. The molecule has 1 saturated carbocycles. The minimum absolute atomic E-state index is 0.176. The van der Waals surface area contributed by atoms with Crippen LogP contribution in [0.15, 0.2) is 41.8 Å². The fourth-order valence-corrected chi connectivity index (χ4v) is 4.40. The molecule has 126 valence electrons. The van der Waals surface area contributed by atoms with Gasteiger partial charge in [-0.3, -0.25) is 9.69 Å². The van der Waals surface area contributed by atoms with Crippen molar-refractivity contribution in [3.63, 3.8) is 0 Å². The summed E-state index contributed by atoms with van der Waals surface area (Å²) in [4.78, 5) is 18.6. The third kappa shape index (κ3) is 3.51. The van der Waals surface area contributed by atoms with Crippen LogP contribution >= 0.6 is 22.9 Å². The average molecular weight is 361 g/mol. The van der Waals surface area contributed by atoms with E-state index in [-0.39, 0.29) is 5.92 Å². The summed E-state index contributed by atoms with van der Waals surface area (Å²) in [5, 5.41) is 2.88. The van der Waals surface area contributed by atoms with Crippen LogP contribution in [0.2, 0.25) is 5.02 Å². The zero-order chi connectivity index (χ0) is 16.5. The normalized spacial score (nSPS) is 24.1. The second-order valence-electron chi connectivity index (χ2n) is 6.68. The fraction of sp³-hybridized carbons (Fsp3) is 0.421. The number of nitrogens with zero attached hydrogens (tertiary/aromatic N) is 2. The molecular weight excluding hydrogens is 340 g/mol. The molecule has 2 atom stereocenters. The van der Waals surface area contributed by atoms with Crippen molar-refractivity contribution >= 4 is 28.8 Å². The van der Waals surface area contributed by atoms with Crippen LogP contribution < -0.4 is 0 Å². The van der Waals surface area contributed by atoms with Crippen LogP contribution in [0.25, 0.3) is 0 Å². The highest BCUT2D eigenvalue weighted by molar-refractivity contribution is 7.09. The summed E-state index contributed by atoms with van der Waals surface area (Å²) in [5.74, 6) is 0.902. The molecule has 0 radical (unpaired) electrons. The van der Waals surface area contributed by atoms with Crippen LogP contribution in [-0.4, -0.2) is 41.9 Å². The molecule has 1 amide bonds. The molecule has 0 bridgehead atoms. The summed E-state index contributed by atoms with van der Waals surface area (Å²) in [5.41, 5.74) is 1.24. The second kappa shape index (κ2) is 6.87. The van der Waals surface area contributed by atoms with Gasteiger partial charge in [-0.1, -0.05) is 29.8 Å². The number of rotatable bonds is 4. The number of halogens is 1. The molecule has 0 N–H and O–H groups in total. The van der Waals surface area contributed by atoms with Crippen LogP contribution in [0.3, 0.4) is 0 Å². The Balaban J connectivity index is 1.28. The van der Waals surface area contributed by atoms with Crippen molar-refractivity contribution in [3.8, 4) is 0 Å². The Bertz CT molecular complexity index is 693. The molecule has 2 fully saturated rings. The Kier molecular flexibility index (Phi) is 4.61. The SMILES string of the molecule is O=C([C@@H]1C[C@@H]1c1ccc(Cl)cc1)N1CCN(Cc2cccs2)CC1. The van der Waals surface area contributed by atoms with Gasteiger partial charge < -0.3 is 4.90 Å². The van der Waals surface area contributed by atoms with Crippen LogP contribution in [0.1, 0.15) is 22.8 Å². The molecule has 2 aliphatic rings. The van der Waals surface area contributed by atoms with Gasteiger partial charge in [0.2, 0.25) is 5.91 Å². The van der Waals surface area contributed by atoms with Crippen LogP contribution in [0, 0.1) is 5.92 Å². The van der Waals surface area contributed by atoms with E-state index in [2.05, 4.69) is 39.4 Å². The van der Waals surface area contributed by atoms with Gasteiger partial charge in [0.05, 0.1) is 0 Å². The lowest BCUT2D eigenvalue weighted by Gasteiger charge is -2.34. The molecule has 2 aromatic rings. The van der Waals surface area contributed by atoms with E-state index in [1.807, 2.05) is 12.1 Å². The second-order valence-corrected chi connectivity index (χ2v) is 8.15. The molecule has 1 aliphatic carbocycles. The van der Waals surface area contributed by atoms with Crippen LogP contribution in [-0.2, 0) is 11.3 Å². The van der Waals surface area contributed by atoms with E-state index < -0.39 is 0 Å². The number of piperazine rings is 1. The molecule has 5 heteroatoms. The Hall–Kier alpha value is -1.36. The van der Waals surface area contributed by atoms with Crippen molar-refractivity contribution in [1.82, 2.24) is 9.80 Å². The largest absolute Gasteiger partial charge is 0.340 e. The number of carbonyl (C=O) groups excluding carboxylic acids is 1. The molecule has 1 aromatic carbocycles. The summed E-state index contributed by atoms with van der Waals surface area (Å²) < 4.78 is 0. The van der Waals surface area contributed by atoms with Gasteiger partial charge in [0.25, 0.3) is 0 Å². The molecule has 0 unspecified atom stereocenters.